The number of piperidine rings is 1. The standard InChI is InChI=1S/C46H50N8O5S/c1-28-27-47-41-40-32-17-18-33(49-34(32)19-21-37(40)60-43(41)45(58)48-28)29-13-15-31(16-14-29)52-23-25-53(26-24-52)39(56)12-7-5-3-4-6-9-30-10-8-11-35-42(30)51(2)46(59)54(35)36-20-22-38(55)50-44(36)57/h8,10-11,13-19,21,28,36,47H,3-7,9,12,20,22-27H2,1-2H3,(H,48,58)(H,50,55,57)/t28-,36?/m1/s1. The Balaban J connectivity index is 0.729. The highest BCUT2D eigenvalue weighted by Gasteiger charge is 2.32. The number of imide groups is 1. The molecule has 1 unspecified atom stereocenters. The lowest BCUT2D eigenvalue weighted by molar-refractivity contribution is -0.136. The molecule has 3 aliphatic heterocycles. The molecule has 0 bridgehead atoms. The number of anilines is 2. The maximum absolute atomic E-state index is 13.2. The van der Waals surface area contributed by atoms with Crippen LogP contribution in [0.4, 0.5) is 11.4 Å². The van der Waals surface area contributed by atoms with Crippen molar-refractivity contribution in [1.82, 2.24) is 29.7 Å². The van der Waals surface area contributed by atoms with Crippen LogP contribution >= 0.6 is 11.3 Å². The number of nitrogens with one attached hydrogen (secondary N) is 3. The van der Waals surface area contributed by atoms with Gasteiger partial charge in [0.25, 0.3) is 5.91 Å². The third-order valence-electron chi connectivity index (χ3n) is 12.4. The monoisotopic (exact) mass is 826 g/mol. The number of pyridine rings is 1. The van der Waals surface area contributed by atoms with Gasteiger partial charge in [0.2, 0.25) is 17.7 Å². The fraction of sp³-hybridized carbons (Fsp3) is 0.391. The molecule has 0 aliphatic carbocycles. The van der Waals surface area contributed by atoms with Crippen LogP contribution in [0.1, 0.15) is 79.6 Å². The lowest BCUT2D eigenvalue weighted by Gasteiger charge is -2.36. The maximum atomic E-state index is 13.2. The largest absolute Gasteiger partial charge is 0.381 e. The van der Waals surface area contributed by atoms with Crippen LogP contribution < -0.4 is 26.5 Å². The Hall–Kier alpha value is -6.02. The molecule has 0 spiro atoms. The predicted octanol–water partition coefficient (Wildman–Crippen LogP) is 6.52. The number of amides is 4. The minimum Gasteiger partial charge on any atom is -0.381 e. The number of hydrogen-bond donors (Lipinski definition) is 3. The Bertz CT molecular complexity index is 2710. The molecule has 60 heavy (non-hydrogen) atoms. The molecular weight excluding hydrogens is 777 g/mol. The predicted molar refractivity (Wildman–Crippen MR) is 237 cm³/mol. The molecule has 13 nitrogen and oxygen atoms in total. The maximum Gasteiger partial charge on any atom is 0.329 e. The van der Waals surface area contributed by atoms with Gasteiger partial charge >= 0.3 is 5.69 Å². The van der Waals surface area contributed by atoms with E-state index in [1.807, 2.05) is 36.1 Å². The highest BCUT2D eigenvalue weighted by molar-refractivity contribution is 7.21. The van der Waals surface area contributed by atoms with Crippen LogP contribution in [0.2, 0.25) is 0 Å². The molecule has 310 valence electrons. The Morgan fingerprint density at radius 2 is 1.67 bits per heavy atom. The van der Waals surface area contributed by atoms with Crippen molar-refractivity contribution in [2.45, 2.75) is 76.8 Å². The lowest BCUT2D eigenvalue weighted by Crippen LogP contribution is -2.48. The molecule has 2 fully saturated rings. The lowest BCUT2D eigenvalue weighted by atomic mass is 10.0. The van der Waals surface area contributed by atoms with E-state index >= 15 is 0 Å². The van der Waals surface area contributed by atoms with Crippen LogP contribution in [0.3, 0.4) is 0 Å². The van der Waals surface area contributed by atoms with E-state index in [0.29, 0.717) is 32.5 Å². The number of thiophene rings is 1. The Kier molecular flexibility index (Phi) is 10.9. The zero-order valence-electron chi connectivity index (χ0n) is 34.1. The first-order chi connectivity index (χ1) is 29.1. The second-order valence-electron chi connectivity index (χ2n) is 16.4. The second-order valence-corrected chi connectivity index (χ2v) is 17.5. The van der Waals surface area contributed by atoms with Gasteiger partial charge < -0.3 is 20.4 Å². The zero-order valence-corrected chi connectivity index (χ0v) is 34.9. The van der Waals surface area contributed by atoms with Crippen LogP contribution in [0, 0.1) is 0 Å². The summed E-state index contributed by atoms with van der Waals surface area (Å²) < 4.78 is 4.23. The highest BCUT2D eigenvalue weighted by Crippen LogP contribution is 2.41. The summed E-state index contributed by atoms with van der Waals surface area (Å²) in [6.45, 7) is 5.68. The number of nitrogens with zero attached hydrogens (tertiary/aromatic N) is 5. The number of carbonyl (C=O) groups is 4. The summed E-state index contributed by atoms with van der Waals surface area (Å²) in [7, 11) is 1.74. The summed E-state index contributed by atoms with van der Waals surface area (Å²) in [5, 5.41) is 11.0. The molecule has 6 heterocycles. The van der Waals surface area contributed by atoms with Gasteiger partial charge in [0.15, 0.2) is 0 Å². The van der Waals surface area contributed by atoms with Gasteiger partial charge in [-0.05, 0) is 80.6 Å². The normalized spacial score (nSPS) is 18.4. The van der Waals surface area contributed by atoms with Gasteiger partial charge in [0, 0.05) is 85.4 Å². The van der Waals surface area contributed by atoms with E-state index in [1.165, 1.54) is 15.9 Å². The molecule has 3 aliphatic rings. The summed E-state index contributed by atoms with van der Waals surface area (Å²) >= 11 is 1.52. The summed E-state index contributed by atoms with van der Waals surface area (Å²) in [6, 6.07) is 22.0. The number of benzene rings is 3. The van der Waals surface area contributed by atoms with E-state index in [-0.39, 0.29) is 35.9 Å². The second kappa shape index (κ2) is 16.6. The van der Waals surface area contributed by atoms with Crippen molar-refractivity contribution in [2.24, 2.45) is 7.05 Å². The first kappa shape index (κ1) is 39.4. The van der Waals surface area contributed by atoms with Gasteiger partial charge in [-0.1, -0.05) is 43.5 Å². The van der Waals surface area contributed by atoms with Gasteiger partial charge in [-0.3, -0.25) is 33.6 Å². The van der Waals surface area contributed by atoms with Crippen LogP contribution in [-0.4, -0.2) is 81.4 Å². The fourth-order valence-electron chi connectivity index (χ4n) is 9.17. The number of carbonyl (C=O) groups excluding carboxylic acids is 4. The highest BCUT2D eigenvalue weighted by atomic mass is 32.1. The van der Waals surface area contributed by atoms with Crippen molar-refractivity contribution in [2.75, 3.05) is 42.9 Å². The number of hydrogen-bond acceptors (Lipinski definition) is 9. The molecule has 0 saturated carbocycles. The van der Waals surface area contributed by atoms with E-state index in [1.54, 1.807) is 11.6 Å². The van der Waals surface area contributed by atoms with Crippen molar-refractivity contribution in [3.8, 4) is 11.3 Å². The first-order valence-electron chi connectivity index (χ1n) is 21.2. The number of rotatable bonds is 11. The topological polar surface area (TPSA) is 151 Å². The van der Waals surface area contributed by atoms with Crippen molar-refractivity contribution in [1.29, 1.82) is 0 Å². The van der Waals surface area contributed by atoms with Crippen molar-refractivity contribution < 1.29 is 19.2 Å². The number of imidazole rings is 1. The third kappa shape index (κ3) is 7.53. The van der Waals surface area contributed by atoms with Crippen LogP contribution in [0.15, 0.2) is 71.5 Å². The molecule has 2 atom stereocenters. The molecule has 0 radical (unpaired) electrons. The molecule has 9 rings (SSSR count). The average molecular weight is 827 g/mol. The molecular formula is C46H50N8O5S. The molecule has 4 amide bonds. The van der Waals surface area contributed by atoms with E-state index in [9.17, 15) is 24.0 Å². The smallest absolute Gasteiger partial charge is 0.329 e. The van der Waals surface area contributed by atoms with E-state index < -0.39 is 11.9 Å². The number of fused-ring (bicyclic) bond motifs is 6. The Morgan fingerprint density at radius 3 is 2.47 bits per heavy atom. The first-order valence-corrected chi connectivity index (χ1v) is 22.0. The minimum atomic E-state index is -0.689. The van der Waals surface area contributed by atoms with E-state index in [4.69, 9.17) is 4.98 Å². The number of aryl methyl sites for hydroxylation is 2. The summed E-state index contributed by atoms with van der Waals surface area (Å²) in [5.74, 6) is -0.528. The summed E-state index contributed by atoms with van der Waals surface area (Å²) in [5.41, 5.74) is 7.26. The van der Waals surface area contributed by atoms with Crippen molar-refractivity contribution in [3.63, 3.8) is 0 Å². The minimum absolute atomic E-state index is 0.0304. The number of aromatic nitrogens is 3. The van der Waals surface area contributed by atoms with Gasteiger partial charge in [-0.2, -0.15) is 0 Å². The van der Waals surface area contributed by atoms with Crippen LogP contribution in [-0.2, 0) is 27.9 Å². The molecule has 2 saturated heterocycles. The van der Waals surface area contributed by atoms with Crippen molar-refractivity contribution in [3.05, 3.63) is 87.7 Å². The van der Waals surface area contributed by atoms with Gasteiger partial charge in [0.05, 0.1) is 27.9 Å². The molecule has 6 aromatic rings. The number of unbranched alkanes of at least 4 members (excludes halogenated alkanes) is 4. The number of para-hydroxylation sites is 1. The van der Waals surface area contributed by atoms with E-state index in [0.717, 1.165) is 117 Å². The van der Waals surface area contributed by atoms with Crippen LogP contribution in [0.25, 0.3) is 43.3 Å². The third-order valence-corrected chi connectivity index (χ3v) is 13.6. The molecule has 3 aromatic heterocycles. The van der Waals surface area contributed by atoms with Gasteiger partial charge in [-0.15, -0.1) is 11.3 Å². The van der Waals surface area contributed by atoms with Crippen LogP contribution in [0.5, 0.6) is 0 Å². The quantitative estimate of drug-likeness (QED) is 0.0988. The zero-order chi connectivity index (χ0) is 41.5. The van der Waals surface area contributed by atoms with Gasteiger partial charge in [0.1, 0.15) is 10.9 Å². The average Bonchev–Trinajstić information content (AvgIpc) is 3.71. The summed E-state index contributed by atoms with van der Waals surface area (Å²) in [4.78, 5) is 73.6. The summed E-state index contributed by atoms with van der Waals surface area (Å²) in [6.07, 6.45) is 6.81. The Morgan fingerprint density at radius 1 is 0.883 bits per heavy atom. The van der Waals surface area contributed by atoms with E-state index in [2.05, 4.69) is 63.3 Å². The molecule has 3 aromatic carbocycles. The fourth-order valence-corrected chi connectivity index (χ4v) is 10.3. The molecule has 14 heteroatoms. The number of piperazine rings is 1. The molecule has 3 N–H and O–H groups in total. The van der Waals surface area contributed by atoms with Crippen molar-refractivity contribution >= 4 is 78.4 Å². The Labute approximate surface area is 351 Å². The SMILES string of the molecule is C[C@@H]1CNc2c(sc3ccc4nc(-c5ccc(N6CCN(C(=O)CCCCCCCc7cccc8c7n(C)c(=O)n8C7CCC(=O)NC7=O)CC6)cc5)ccc4c23)C(=O)N1. The van der Waals surface area contributed by atoms with Gasteiger partial charge in [-0.25, -0.2) is 9.78 Å².